The van der Waals surface area contributed by atoms with E-state index in [1.165, 1.54) is 57.8 Å². The van der Waals surface area contributed by atoms with Crippen molar-refractivity contribution >= 4 is 0 Å². The molecule has 0 rings (SSSR count). The quantitative estimate of drug-likeness (QED) is 0.470. The molecule has 0 aliphatic carbocycles. The molecule has 1 N–H and O–H groups in total. The van der Waals surface area contributed by atoms with E-state index in [1.807, 2.05) is 0 Å². The van der Waals surface area contributed by atoms with E-state index in [0.29, 0.717) is 0 Å². The number of hydrogen-bond acceptors (Lipinski definition) is 1. The maximum Gasteiger partial charge on any atom is 0.0545 e. The van der Waals surface area contributed by atoms with Crippen LogP contribution in [0.15, 0.2) is 0 Å². The van der Waals surface area contributed by atoms with Crippen LogP contribution in [0.2, 0.25) is 0 Å². The monoisotopic (exact) mass is 256 g/mol. The molecule has 0 aliphatic rings. The highest BCUT2D eigenvalue weighted by Gasteiger charge is 2.15. The van der Waals surface area contributed by atoms with Gasteiger partial charge in [0.15, 0.2) is 0 Å². The third-order valence-electron chi connectivity index (χ3n) is 3.49. The van der Waals surface area contributed by atoms with Crippen molar-refractivity contribution in [2.45, 2.75) is 104 Å². The molecule has 110 valence electrons. The summed E-state index contributed by atoms with van der Waals surface area (Å²) in [5, 5.41) is 9.88. The van der Waals surface area contributed by atoms with E-state index >= 15 is 0 Å². The number of aliphatic hydroxyl groups is 1. The van der Waals surface area contributed by atoms with Gasteiger partial charge in [-0.25, -0.2) is 0 Å². The lowest BCUT2D eigenvalue weighted by molar-refractivity contribution is 0.110. The molecule has 1 heteroatoms. The van der Waals surface area contributed by atoms with Crippen LogP contribution in [0.1, 0.15) is 98.3 Å². The minimum absolute atomic E-state index is 0.0884. The Morgan fingerprint density at radius 3 is 1.67 bits per heavy atom. The van der Waals surface area contributed by atoms with Gasteiger partial charge in [-0.2, -0.15) is 0 Å². The number of unbranched alkanes of at least 4 members (excludes halogenated alkanes) is 8. The van der Waals surface area contributed by atoms with E-state index in [0.717, 1.165) is 12.8 Å². The average molecular weight is 256 g/mol. The van der Waals surface area contributed by atoms with Crippen LogP contribution in [0.3, 0.4) is 0 Å². The second kappa shape index (κ2) is 10.8. The first-order valence-electron chi connectivity index (χ1n) is 8.14. The van der Waals surface area contributed by atoms with E-state index in [2.05, 4.69) is 27.7 Å². The Morgan fingerprint density at radius 2 is 1.22 bits per heavy atom. The first-order valence-corrected chi connectivity index (χ1v) is 8.14. The Bertz CT molecular complexity index is 169. The fourth-order valence-corrected chi connectivity index (χ4v) is 2.50. The fourth-order valence-electron chi connectivity index (χ4n) is 2.50. The highest BCUT2D eigenvalue weighted by Crippen LogP contribution is 2.23. The van der Waals surface area contributed by atoms with Gasteiger partial charge in [-0.3, -0.25) is 0 Å². The summed E-state index contributed by atoms with van der Waals surface area (Å²) in [6, 6.07) is 0. The molecule has 1 atom stereocenters. The van der Waals surface area contributed by atoms with Gasteiger partial charge in [-0.05, 0) is 18.3 Å². The maximum absolute atomic E-state index is 9.88. The van der Waals surface area contributed by atoms with Crippen LogP contribution in [0.4, 0.5) is 0 Å². The summed E-state index contributed by atoms with van der Waals surface area (Å²) in [6.45, 7) is 8.87. The lowest BCUT2D eigenvalue weighted by Gasteiger charge is -2.22. The Balaban J connectivity index is 3.20. The van der Waals surface area contributed by atoms with Crippen molar-refractivity contribution in [1.82, 2.24) is 0 Å². The Labute approximate surface area is 115 Å². The molecule has 1 nitrogen and oxygen atoms in total. The molecule has 0 aromatic carbocycles. The van der Waals surface area contributed by atoms with Crippen molar-refractivity contribution in [2.24, 2.45) is 5.41 Å². The summed E-state index contributed by atoms with van der Waals surface area (Å²) in [5.41, 5.74) is 0.263. The number of hydrogen-bond donors (Lipinski definition) is 1. The van der Waals surface area contributed by atoms with Crippen LogP contribution in [0, 0.1) is 5.41 Å². The lowest BCUT2D eigenvalue weighted by Crippen LogP contribution is -2.17. The molecule has 0 aliphatic heterocycles. The summed E-state index contributed by atoms with van der Waals surface area (Å²) < 4.78 is 0. The van der Waals surface area contributed by atoms with Crippen molar-refractivity contribution in [1.29, 1.82) is 0 Å². The van der Waals surface area contributed by atoms with E-state index < -0.39 is 0 Å². The van der Waals surface area contributed by atoms with E-state index in [-0.39, 0.29) is 11.5 Å². The standard InChI is InChI=1S/C17H36O/c1-5-6-7-8-9-10-11-12-13-14-16(18)15-17(2,3)4/h16,18H,5-15H2,1-4H3. The van der Waals surface area contributed by atoms with Gasteiger partial charge >= 0.3 is 0 Å². The van der Waals surface area contributed by atoms with Crippen LogP contribution < -0.4 is 0 Å². The summed E-state index contributed by atoms with van der Waals surface area (Å²) in [6.07, 6.45) is 14.1. The van der Waals surface area contributed by atoms with Gasteiger partial charge in [-0.1, -0.05) is 85.5 Å². The van der Waals surface area contributed by atoms with Crippen LogP contribution in [0.25, 0.3) is 0 Å². The SMILES string of the molecule is CCCCCCCCCCCC(O)CC(C)(C)C. The first kappa shape index (κ1) is 18.0. The van der Waals surface area contributed by atoms with Crippen molar-refractivity contribution < 1.29 is 5.11 Å². The fraction of sp³-hybridized carbons (Fsp3) is 1.00. The molecule has 0 radical (unpaired) electrons. The third-order valence-corrected chi connectivity index (χ3v) is 3.49. The van der Waals surface area contributed by atoms with Crippen molar-refractivity contribution in [3.05, 3.63) is 0 Å². The van der Waals surface area contributed by atoms with Crippen molar-refractivity contribution in [3.63, 3.8) is 0 Å². The zero-order valence-corrected chi connectivity index (χ0v) is 13.3. The third kappa shape index (κ3) is 14.0. The zero-order valence-electron chi connectivity index (χ0n) is 13.3. The Morgan fingerprint density at radius 1 is 0.778 bits per heavy atom. The summed E-state index contributed by atoms with van der Waals surface area (Å²) in [5.74, 6) is 0. The Hall–Kier alpha value is -0.0400. The summed E-state index contributed by atoms with van der Waals surface area (Å²) >= 11 is 0. The van der Waals surface area contributed by atoms with Gasteiger partial charge < -0.3 is 5.11 Å². The number of rotatable bonds is 11. The molecule has 1 unspecified atom stereocenters. The van der Waals surface area contributed by atoms with Gasteiger partial charge in [0.2, 0.25) is 0 Å². The minimum atomic E-state index is -0.0884. The zero-order chi connectivity index (χ0) is 13.9. The second-order valence-electron chi connectivity index (χ2n) is 7.04. The minimum Gasteiger partial charge on any atom is -0.393 e. The van der Waals surface area contributed by atoms with E-state index in [9.17, 15) is 5.11 Å². The second-order valence-corrected chi connectivity index (χ2v) is 7.04. The molecule has 0 fully saturated rings. The molecule has 0 amide bonds. The summed E-state index contributed by atoms with van der Waals surface area (Å²) in [7, 11) is 0. The maximum atomic E-state index is 9.88. The van der Waals surface area contributed by atoms with Gasteiger partial charge in [0.05, 0.1) is 6.10 Å². The first-order chi connectivity index (χ1) is 8.45. The molecule has 0 saturated heterocycles. The van der Waals surface area contributed by atoms with E-state index in [4.69, 9.17) is 0 Å². The smallest absolute Gasteiger partial charge is 0.0545 e. The normalized spacial score (nSPS) is 13.8. The highest BCUT2D eigenvalue weighted by atomic mass is 16.3. The molecular formula is C17H36O. The largest absolute Gasteiger partial charge is 0.393 e. The van der Waals surface area contributed by atoms with Crippen molar-refractivity contribution in [3.8, 4) is 0 Å². The highest BCUT2D eigenvalue weighted by molar-refractivity contribution is 4.68. The van der Waals surface area contributed by atoms with Crippen LogP contribution >= 0.6 is 0 Å². The van der Waals surface area contributed by atoms with Crippen LogP contribution in [-0.4, -0.2) is 11.2 Å². The molecule has 0 heterocycles. The average Bonchev–Trinajstić information content (AvgIpc) is 2.24. The van der Waals surface area contributed by atoms with Crippen LogP contribution in [0.5, 0.6) is 0 Å². The Kier molecular flexibility index (Phi) is 10.8. The predicted molar refractivity (Wildman–Crippen MR) is 81.9 cm³/mol. The predicted octanol–water partition coefficient (Wildman–Crippen LogP) is 5.70. The van der Waals surface area contributed by atoms with E-state index in [1.54, 1.807) is 0 Å². The molecule has 18 heavy (non-hydrogen) atoms. The molecular weight excluding hydrogens is 220 g/mol. The summed E-state index contributed by atoms with van der Waals surface area (Å²) in [4.78, 5) is 0. The topological polar surface area (TPSA) is 20.2 Å². The van der Waals surface area contributed by atoms with Crippen LogP contribution in [-0.2, 0) is 0 Å². The molecule has 0 spiro atoms. The molecule has 0 bridgehead atoms. The number of aliphatic hydroxyl groups excluding tert-OH is 1. The van der Waals surface area contributed by atoms with Gasteiger partial charge in [-0.15, -0.1) is 0 Å². The van der Waals surface area contributed by atoms with Gasteiger partial charge in [0.25, 0.3) is 0 Å². The molecule has 0 aromatic rings. The van der Waals surface area contributed by atoms with Gasteiger partial charge in [0, 0.05) is 0 Å². The molecule has 0 saturated carbocycles. The molecule has 0 aromatic heterocycles. The lowest BCUT2D eigenvalue weighted by atomic mass is 9.87. The van der Waals surface area contributed by atoms with Gasteiger partial charge in [0.1, 0.15) is 0 Å². The van der Waals surface area contributed by atoms with Crippen molar-refractivity contribution in [2.75, 3.05) is 0 Å².